The highest BCUT2D eigenvalue weighted by atomic mass is 28.4. The first kappa shape index (κ1) is 15.2. The Morgan fingerprint density at radius 3 is 2.05 bits per heavy atom. The molecule has 108 valence electrons. The topological polar surface area (TPSA) is 18.5 Å². The molecule has 0 aromatic rings. The van der Waals surface area contributed by atoms with Gasteiger partial charge in [-0.2, -0.15) is 0 Å². The first-order valence-electron chi connectivity index (χ1n) is 7.45. The Bertz CT molecular complexity index is 372. The van der Waals surface area contributed by atoms with Crippen LogP contribution in [0.3, 0.4) is 0 Å². The minimum absolute atomic E-state index is 0.410. The maximum Gasteiger partial charge on any atom is 0.351 e. The quantitative estimate of drug-likeness (QED) is 0.700. The van der Waals surface area contributed by atoms with Gasteiger partial charge in [-0.25, -0.2) is 0 Å². The van der Waals surface area contributed by atoms with Crippen LogP contribution in [0.2, 0.25) is 30.7 Å². The third-order valence-corrected chi connectivity index (χ3v) is 11.1. The normalized spacial score (nSPS) is 25.1. The third kappa shape index (κ3) is 2.82. The Morgan fingerprint density at radius 2 is 1.63 bits per heavy atom. The second kappa shape index (κ2) is 5.68. The lowest BCUT2D eigenvalue weighted by molar-refractivity contribution is 0.225. The van der Waals surface area contributed by atoms with Gasteiger partial charge in [0.1, 0.15) is 0 Å². The van der Waals surface area contributed by atoms with Crippen molar-refractivity contribution < 1.29 is 8.85 Å². The van der Waals surface area contributed by atoms with Crippen LogP contribution < -0.4 is 0 Å². The van der Waals surface area contributed by atoms with E-state index in [1.165, 1.54) is 25.7 Å². The van der Waals surface area contributed by atoms with E-state index in [0.29, 0.717) is 11.1 Å². The Morgan fingerprint density at radius 1 is 1.05 bits per heavy atom. The SMILES string of the molecule is CO[Si](OC)(C1C=CC([Si](C)(C)C)=C1)C1CCCC1. The lowest BCUT2D eigenvalue weighted by atomic mass is 10.4. The van der Waals surface area contributed by atoms with Gasteiger partial charge in [0.2, 0.25) is 0 Å². The molecule has 2 rings (SSSR count). The summed E-state index contributed by atoms with van der Waals surface area (Å²) in [7, 11) is 0.363. The van der Waals surface area contributed by atoms with E-state index in [9.17, 15) is 0 Å². The molecule has 0 spiro atoms. The van der Waals surface area contributed by atoms with E-state index in [-0.39, 0.29) is 0 Å². The van der Waals surface area contributed by atoms with Crippen LogP contribution in [0.4, 0.5) is 0 Å². The van der Waals surface area contributed by atoms with Crippen molar-refractivity contribution in [3.8, 4) is 0 Å². The highest BCUT2D eigenvalue weighted by Gasteiger charge is 2.51. The molecule has 19 heavy (non-hydrogen) atoms. The summed E-state index contributed by atoms with van der Waals surface area (Å²) in [5.74, 6) is 0. The minimum Gasteiger partial charge on any atom is -0.397 e. The van der Waals surface area contributed by atoms with Gasteiger partial charge in [-0.15, -0.1) is 0 Å². The number of allylic oxidation sites excluding steroid dienone is 4. The second-order valence-corrected chi connectivity index (χ2v) is 15.7. The lowest BCUT2D eigenvalue weighted by Crippen LogP contribution is -2.47. The van der Waals surface area contributed by atoms with Gasteiger partial charge in [0.15, 0.2) is 0 Å². The Balaban J connectivity index is 2.26. The molecule has 0 aromatic heterocycles. The van der Waals surface area contributed by atoms with Crippen LogP contribution in [-0.4, -0.2) is 30.9 Å². The fraction of sp³-hybridized carbons (Fsp3) is 0.733. The van der Waals surface area contributed by atoms with Crippen molar-refractivity contribution in [3.63, 3.8) is 0 Å². The number of hydrogen-bond donors (Lipinski definition) is 0. The summed E-state index contributed by atoms with van der Waals surface area (Å²) in [5.41, 5.74) is 1.07. The van der Waals surface area contributed by atoms with Crippen LogP contribution in [0.5, 0.6) is 0 Å². The second-order valence-electron chi connectivity index (χ2n) is 6.87. The monoisotopic (exact) mass is 296 g/mol. The van der Waals surface area contributed by atoms with E-state index < -0.39 is 16.6 Å². The van der Waals surface area contributed by atoms with E-state index in [0.717, 1.165) is 0 Å². The highest BCUT2D eigenvalue weighted by Crippen LogP contribution is 2.48. The molecule has 0 saturated heterocycles. The molecule has 0 aliphatic heterocycles. The van der Waals surface area contributed by atoms with Crippen molar-refractivity contribution in [3.05, 3.63) is 23.4 Å². The molecule has 1 fully saturated rings. The first-order chi connectivity index (χ1) is 8.94. The smallest absolute Gasteiger partial charge is 0.351 e. The lowest BCUT2D eigenvalue weighted by Gasteiger charge is -2.36. The Kier molecular flexibility index (Phi) is 4.55. The van der Waals surface area contributed by atoms with E-state index in [1.807, 2.05) is 14.2 Å². The van der Waals surface area contributed by atoms with Gasteiger partial charge in [0.25, 0.3) is 0 Å². The zero-order valence-electron chi connectivity index (χ0n) is 13.0. The molecular formula is C15H28O2Si2. The van der Waals surface area contributed by atoms with Crippen molar-refractivity contribution in [1.29, 1.82) is 0 Å². The van der Waals surface area contributed by atoms with E-state index in [1.54, 1.807) is 5.20 Å². The van der Waals surface area contributed by atoms with E-state index in [4.69, 9.17) is 8.85 Å². The van der Waals surface area contributed by atoms with Crippen molar-refractivity contribution in [1.82, 2.24) is 0 Å². The molecule has 4 heteroatoms. The van der Waals surface area contributed by atoms with Crippen molar-refractivity contribution in [2.24, 2.45) is 0 Å². The molecule has 0 heterocycles. The average Bonchev–Trinajstić information content (AvgIpc) is 3.01. The van der Waals surface area contributed by atoms with Gasteiger partial charge in [0.05, 0.1) is 8.07 Å². The summed E-state index contributed by atoms with van der Waals surface area (Å²) in [6.07, 6.45) is 12.4. The van der Waals surface area contributed by atoms with Crippen LogP contribution in [0.25, 0.3) is 0 Å². The largest absolute Gasteiger partial charge is 0.397 e. The van der Waals surface area contributed by atoms with Crippen molar-refractivity contribution in [2.75, 3.05) is 14.2 Å². The van der Waals surface area contributed by atoms with Gasteiger partial charge < -0.3 is 8.85 Å². The molecule has 0 bridgehead atoms. The third-order valence-electron chi connectivity index (χ3n) is 4.74. The fourth-order valence-corrected chi connectivity index (χ4v) is 8.91. The number of hydrogen-bond acceptors (Lipinski definition) is 2. The van der Waals surface area contributed by atoms with Gasteiger partial charge in [-0.3, -0.25) is 0 Å². The van der Waals surface area contributed by atoms with Gasteiger partial charge >= 0.3 is 8.56 Å². The molecular weight excluding hydrogens is 268 g/mol. The van der Waals surface area contributed by atoms with E-state index >= 15 is 0 Å². The van der Waals surface area contributed by atoms with Crippen LogP contribution in [0.1, 0.15) is 25.7 Å². The molecule has 0 amide bonds. The zero-order chi connectivity index (χ0) is 14.1. The van der Waals surface area contributed by atoms with Crippen LogP contribution in [0, 0.1) is 0 Å². The highest BCUT2D eigenvalue weighted by molar-refractivity contribution is 6.84. The fourth-order valence-electron chi connectivity index (χ4n) is 3.55. The Hall–Kier alpha value is -0.166. The van der Waals surface area contributed by atoms with Crippen LogP contribution >= 0.6 is 0 Å². The Labute approximate surface area is 120 Å². The molecule has 2 aliphatic carbocycles. The summed E-state index contributed by atoms with van der Waals surface area (Å²) >= 11 is 0. The van der Waals surface area contributed by atoms with Gasteiger partial charge in [-0.05, 0) is 12.8 Å². The molecule has 0 aromatic carbocycles. The molecule has 1 atom stereocenters. The summed E-state index contributed by atoms with van der Waals surface area (Å²) in [6, 6.07) is 0. The van der Waals surface area contributed by atoms with E-state index in [2.05, 4.69) is 37.9 Å². The first-order valence-corrected chi connectivity index (χ1v) is 12.9. The standard InChI is InChI=1S/C15H28O2Si2/c1-16-19(17-2,13-8-6-7-9-13)15-11-10-14(12-15)18(3,4)5/h10-13,15H,6-9H2,1-5H3. The molecule has 2 nitrogen and oxygen atoms in total. The number of rotatable bonds is 5. The summed E-state index contributed by atoms with van der Waals surface area (Å²) < 4.78 is 12.1. The van der Waals surface area contributed by atoms with Crippen molar-refractivity contribution >= 4 is 16.6 Å². The molecule has 1 unspecified atom stereocenters. The molecule has 0 N–H and O–H groups in total. The molecule has 0 radical (unpaired) electrons. The van der Waals surface area contributed by atoms with Crippen molar-refractivity contribution in [2.45, 2.75) is 56.4 Å². The molecule has 2 aliphatic rings. The maximum absolute atomic E-state index is 6.05. The predicted molar refractivity (Wildman–Crippen MR) is 86.3 cm³/mol. The van der Waals surface area contributed by atoms with Crippen LogP contribution in [-0.2, 0) is 8.85 Å². The van der Waals surface area contributed by atoms with Gasteiger partial charge in [-0.1, -0.05) is 55.9 Å². The van der Waals surface area contributed by atoms with Gasteiger partial charge in [0, 0.05) is 25.3 Å². The van der Waals surface area contributed by atoms with Crippen LogP contribution in [0.15, 0.2) is 23.4 Å². The zero-order valence-corrected chi connectivity index (χ0v) is 15.0. The summed E-state index contributed by atoms with van der Waals surface area (Å²) in [6.45, 7) is 7.22. The molecule has 1 saturated carbocycles. The predicted octanol–water partition coefficient (Wildman–Crippen LogP) is 4.41. The summed E-state index contributed by atoms with van der Waals surface area (Å²) in [5, 5.41) is 1.56. The minimum atomic E-state index is -2.14. The summed E-state index contributed by atoms with van der Waals surface area (Å²) in [4.78, 5) is 0. The maximum atomic E-state index is 6.05. The average molecular weight is 297 g/mol.